The maximum Gasteiger partial charge on any atom is 0.187 e. The first-order valence-electron chi connectivity index (χ1n) is 8.08. The molecule has 4 rings (SSSR count). The summed E-state index contributed by atoms with van der Waals surface area (Å²) >= 11 is 3.73. The molecule has 0 spiro atoms. The third kappa shape index (κ3) is 2.09. The van der Waals surface area contributed by atoms with Crippen molar-refractivity contribution in [1.82, 2.24) is 0 Å². The summed E-state index contributed by atoms with van der Waals surface area (Å²) in [5.74, 6) is -0.432. The number of ketones is 1. The number of nitriles is 1. The number of benzene rings is 2. The van der Waals surface area contributed by atoms with Gasteiger partial charge in [-0.05, 0) is 19.4 Å². The lowest BCUT2D eigenvalue weighted by molar-refractivity contribution is 0.0972. The fourth-order valence-electron chi connectivity index (χ4n) is 3.73. The minimum absolute atomic E-state index is 0.0346. The summed E-state index contributed by atoms with van der Waals surface area (Å²) in [6.07, 6.45) is 0. The summed E-state index contributed by atoms with van der Waals surface area (Å²) in [5.41, 5.74) is 5.48. The fourth-order valence-corrected chi connectivity index (χ4v) is 4.74. The number of alkyl halides is 1. The Balaban J connectivity index is 2.02. The van der Waals surface area contributed by atoms with Crippen molar-refractivity contribution in [2.75, 3.05) is 0 Å². The van der Waals surface area contributed by atoms with Crippen molar-refractivity contribution in [2.24, 2.45) is 4.99 Å². The highest BCUT2D eigenvalue weighted by molar-refractivity contribution is 9.10. The molecule has 0 saturated carbocycles. The number of hydrogen-bond acceptors (Lipinski definition) is 3. The van der Waals surface area contributed by atoms with Crippen LogP contribution >= 0.6 is 15.9 Å². The number of hydrogen-bond donors (Lipinski definition) is 0. The number of aryl methyl sites for hydroxylation is 1. The predicted molar refractivity (Wildman–Crippen MR) is 101 cm³/mol. The first-order valence-corrected chi connectivity index (χ1v) is 8.87. The highest BCUT2D eigenvalue weighted by atomic mass is 79.9. The SMILES string of the molecule is CC1=C(C#N)C(c2ccc(C)cc2)C2(Br)C(=O)c3ccccc3C2=N1. The maximum absolute atomic E-state index is 13.3. The summed E-state index contributed by atoms with van der Waals surface area (Å²) in [5, 5.41) is 9.78. The van der Waals surface area contributed by atoms with E-state index in [-0.39, 0.29) is 5.78 Å². The number of nitrogens with zero attached hydrogens (tertiary/aromatic N) is 2. The van der Waals surface area contributed by atoms with E-state index in [0.717, 1.165) is 16.7 Å². The number of halogens is 1. The van der Waals surface area contributed by atoms with Gasteiger partial charge in [-0.3, -0.25) is 9.79 Å². The summed E-state index contributed by atoms with van der Waals surface area (Å²) in [6, 6.07) is 17.8. The van der Waals surface area contributed by atoms with E-state index < -0.39 is 10.2 Å². The van der Waals surface area contributed by atoms with E-state index in [1.165, 1.54) is 0 Å². The van der Waals surface area contributed by atoms with Gasteiger partial charge in [-0.1, -0.05) is 70.0 Å². The molecule has 1 aliphatic heterocycles. The van der Waals surface area contributed by atoms with Gasteiger partial charge >= 0.3 is 0 Å². The van der Waals surface area contributed by atoms with Gasteiger partial charge in [-0.2, -0.15) is 5.26 Å². The van der Waals surface area contributed by atoms with Gasteiger partial charge in [0.1, 0.15) is 4.32 Å². The lowest BCUT2D eigenvalue weighted by Crippen LogP contribution is -2.44. The van der Waals surface area contributed by atoms with E-state index in [9.17, 15) is 10.1 Å². The van der Waals surface area contributed by atoms with Crippen molar-refractivity contribution >= 4 is 27.4 Å². The highest BCUT2D eigenvalue weighted by Gasteiger charge is 2.57. The number of carbonyl (C=O) groups excluding carboxylic acids is 1. The van der Waals surface area contributed by atoms with Crippen molar-refractivity contribution in [2.45, 2.75) is 24.1 Å². The molecule has 2 atom stereocenters. The molecule has 1 heterocycles. The third-order valence-electron chi connectivity index (χ3n) is 4.99. The molecule has 0 N–H and O–H groups in total. The normalized spacial score (nSPS) is 24.5. The van der Waals surface area contributed by atoms with E-state index in [0.29, 0.717) is 22.5 Å². The van der Waals surface area contributed by atoms with E-state index in [1.54, 1.807) is 0 Å². The summed E-state index contributed by atoms with van der Waals surface area (Å²) in [6.45, 7) is 3.86. The Kier molecular flexibility index (Phi) is 3.52. The number of fused-ring (bicyclic) bond motifs is 3. The Morgan fingerprint density at radius 3 is 2.36 bits per heavy atom. The van der Waals surface area contributed by atoms with Gasteiger partial charge in [-0.15, -0.1) is 0 Å². The van der Waals surface area contributed by atoms with E-state index in [1.807, 2.05) is 62.4 Å². The number of allylic oxidation sites excluding steroid dienone is 2. The van der Waals surface area contributed by atoms with Crippen molar-refractivity contribution in [3.63, 3.8) is 0 Å². The van der Waals surface area contributed by atoms with Crippen LogP contribution in [-0.4, -0.2) is 15.8 Å². The molecule has 2 aliphatic rings. The van der Waals surface area contributed by atoms with Gasteiger partial charge in [0.15, 0.2) is 5.78 Å². The van der Waals surface area contributed by atoms with Crippen molar-refractivity contribution in [3.8, 4) is 6.07 Å². The van der Waals surface area contributed by atoms with Gasteiger partial charge in [0.05, 0.1) is 23.1 Å². The van der Waals surface area contributed by atoms with Crippen LogP contribution in [0.2, 0.25) is 0 Å². The monoisotopic (exact) mass is 390 g/mol. The second-order valence-electron chi connectivity index (χ2n) is 6.50. The molecule has 3 nitrogen and oxygen atoms in total. The van der Waals surface area contributed by atoms with Crippen molar-refractivity contribution in [3.05, 3.63) is 82.1 Å². The van der Waals surface area contributed by atoms with Gasteiger partial charge in [0.25, 0.3) is 0 Å². The molecule has 2 aromatic carbocycles. The summed E-state index contributed by atoms with van der Waals surface area (Å²) in [7, 11) is 0. The first kappa shape index (κ1) is 16.0. The van der Waals surface area contributed by atoms with Crippen LogP contribution in [0.25, 0.3) is 0 Å². The second kappa shape index (κ2) is 5.50. The Morgan fingerprint density at radius 2 is 1.72 bits per heavy atom. The molecule has 0 bridgehead atoms. The molecule has 122 valence electrons. The average molecular weight is 391 g/mol. The standard InChI is InChI=1S/C21H15BrN2O/c1-12-7-9-14(10-8-12)18-17(11-23)13(2)24-19-15-5-3-4-6-16(15)20(25)21(18,19)22/h3-10,18H,1-2H3. The number of carbonyl (C=O) groups is 1. The number of Topliss-reactive ketones (excluding diaryl/α,β-unsaturated/α-hetero) is 1. The maximum atomic E-state index is 13.3. The fraction of sp³-hybridized carbons (Fsp3) is 0.190. The summed E-state index contributed by atoms with van der Waals surface area (Å²) in [4.78, 5) is 18.0. The molecule has 0 fully saturated rings. The van der Waals surface area contributed by atoms with Crippen LogP contribution in [0.5, 0.6) is 0 Å². The zero-order valence-electron chi connectivity index (χ0n) is 13.9. The highest BCUT2D eigenvalue weighted by Crippen LogP contribution is 2.52. The van der Waals surface area contributed by atoms with E-state index in [2.05, 4.69) is 27.0 Å². The molecule has 25 heavy (non-hydrogen) atoms. The van der Waals surface area contributed by atoms with Gasteiger partial charge in [0, 0.05) is 17.0 Å². The molecular weight excluding hydrogens is 376 g/mol. The Hall–Kier alpha value is -2.51. The van der Waals surface area contributed by atoms with Gasteiger partial charge in [-0.25, -0.2) is 0 Å². The van der Waals surface area contributed by atoms with Crippen LogP contribution in [-0.2, 0) is 0 Å². The largest absolute Gasteiger partial charge is 0.292 e. The van der Waals surface area contributed by atoms with Crippen LogP contribution in [0.4, 0.5) is 0 Å². The Bertz CT molecular complexity index is 1010. The quantitative estimate of drug-likeness (QED) is 0.662. The predicted octanol–water partition coefficient (Wildman–Crippen LogP) is 4.71. The van der Waals surface area contributed by atoms with Crippen LogP contribution in [0.1, 0.15) is 39.9 Å². The van der Waals surface area contributed by atoms with Gasteiger partial charge in [0.2, 0.25) is 0 Å². The molecule has 0 saturated heterocycles. The molecule has 1 aliphatic carbocycles. The molecular formula is C21H15BrN2O. The lowest BCUT2D eigenvalue weighted by atomic mass is 9.75. The van der Waals surface area contributed by atoms with E-state index >= 15 is 0 Å². The van der Waals surface area contributed by atoms with E-state index in [4.69, 9.17) is 0 Å². The van der Waals surface area contributed by atoms with Crippen molar-refractivity contribution < 1.29 is 4.79 Å². The Labute approximate surface area is 154 Å². The molecule has 2 aromatic rings. The van der Waals surface area contributed by atoms with Crippen LogP contribution < -0.4 is 0 Å². The molecule has 0 aromatic heterocycles. The van der Waals surface area contributed by atoms with Crippen LogP contribution in [0.3, 0.4) is 0 Å². The Morgan fingerprint density at radius 1 is 1.08 bits per heavy atom. The minimum atomic E-state index is -1.03. The van der Waals surface area contributed by atoms with Crippen LogP contribution in [0.15, 0.2) is 64.8 Å². The van der Waals surface area contributed by atoms with Crippen molar-refractivity contribution in [1.29, 1.82) is 5.26 Å². The first-order chi connectivity index (χ1) is 12.0. The molecule has 2 unspecified atom stereocenters. The topological polar surface area (TPSA) is 53.2 Å². The average Bonchev–Trinajstić information content (AvgIpc) is 2.84. The lowest BCUT2D eigenvalue weighted by Gasteiger charge is -2.35. The molecule has 0 amide bonds. The zero-order chi connectivity index (χ0) is 17.8. The van der Waals surface area contributed by atoms with Gasteiger partial charge < -0.3 is 0 Å². The molecule has 4 heteroatoms. The second-order valence-corrected chi connectivity index (χ2v) is 7.75. The number of rotatable bonds is 1. The zero-order valence-corrected chi connectivity index (χ0v) is 15.5. The smallest absolute Gasteiger partial charge is 0.187 e. The summed E-state index contributed by atoms with van der Waals surface area (Å²) < 4.78 is -1.03. The third-order valence-corrected chi connectivity index (χ3v) is 6.18. The molecule has 0 radical (unpaired) electrons. The van der Waals surface area contributed by atoms with Crippen LogP contribution in [0, 0.1) is 18.3 Å². The number of aliphatic imine (C=N–C) groups is 1. The minimum Gasteiger partial charge on any atom is -0.292 e.